The van der Waals surface area contributed by atoms with Gasteiger partial charge < -0.3 is 16.4 Å². The molecule has 0 aromatic carbocycles. The highest BCUT2D eigenvalue weighted by molar-refractivity contribution is 7.80. The molecule has 0 aliphatic rings. The molecule has 0 amide bonds. The number of guanidine groups is 1. The van der Waals surface area contributed by atoms with Crippen molar-refractivity contribution in [3.05, 3.63) is 29.6 Å². The molecule has 1 aromatic rings. The third-order valence-electron chi connectivity index (χ3n) is 3.28. The number of unbranched alkanes of at least 4 members (excludes halogenated alkanes) is 2. The molecule has 4 N–H and O–H groups in total. The van der Waals surface area contributed by atoms with Crippen LogP contribution >= 0.6 is 12.2 Å². The summed E-state index contributed by atoms with van der Waals surface area (Å²) in [6.07, 6.45) is 7.14. The van der Waals surface area contributed by atoms with E-state index in [9.17, 15) is 0 Å². The molecule has 1 aromatic heterocycles. The predicted molar refractivity (Wildman–Crippen MR) is 97.0 cm³/mol. The van der Waals surface area contributed by atoms with E-state index < -0.39 is 0 Å². The number of aryl methyl sites for hydroxylation is 2. The van der Waals surface area contributed by atoms with Crippen molar-refractivity contribution >= 4 is 23.3 Å². The van der Waals surface area contributed by atoms with Crippen molar-refractivity contribution < 1.29 is 0 Å². The van der Waals surface area contributed by atoms with Crippen molar-refractivity contribution in [2.45, 2.75) is 46.0 Å². The minimum absolute atomic E-state index is 0.383. The Morgan fingerprint density at radius 1 is 1.36 bits per heavy atom. The van der Waals surface area contributed by atoms with E-state index >= 15 is 0 Å². The van der Waals surface area contributed by atoms with Crippen LogP contribution in [0, 0.1) is 6.92 Å². The van der Waals surface area contributed by atoms with E-state index in [-0.39, 0.29) is 0 Å². The van der Waals surface area contributed by atoms with Crippen LogP contribution in [0.25, 0.3) is 0 Å². The standard InChI is InChI=1S/C16H27N5S/c1-3-4-5-10-19-15(17)21-16(22)20-12-7-9-14-13(2)8-6-11-18-14/h6,8,11H,3-5,7,9-10,12H2,1-2H3,(H4,17,19,20,21,22). The van der Waals surface area contributed by atoms with Gasteiger partial charge in [-0.1, -0.05) is 25.8 Å². The Kier molecular flexibility index (Phi) is 9.14. The van der Waals surface area contributed by atoms with Gasteiger partial charge in [0.05, 0.1) is 0 Å². The monoisotopic (exact) mass is 321 g/mol. The summed E-state index contributed by atoms with van der Waals surface area (Å²) in [5.74, 6) is 0.383. The first-order valence-corrected chi connectivity index (χ1v) is 8.29. The summed E-state index contributed by atoms with van der Waals surface area (Å²) in [4.78, 5) is 8.61. The van der Waals surface area contributed by atoms with Crippen molar-refractivity contribution in [3.63, 3.8) is 0 Å². The Morgan fingerprint density at radius 3 is 2.91 bits per heavy atom. The van der Waals surface area contributed by atoms with Crippen molar-refractivity contribution in [3.8, 4) is 0 Å². The number of rotatable bonds is 8. The maximum Gasteiger partial charge on any atom is 0.194 e. The Labute approximate surface area is 138 Å². The van der Waals surface area contributed by atoms with E-state index in [2.05, 4.69) is 40.5 Å². The minimum Gasteiger partial charge on any atom is -0.370 e. The van der Waals surface area contributed by atoms with E-state index in [1.807, 2.05) is 12.3 Å². The zero-order valence-electron chi connectivity index (χ0n) is 13.6. The van der Waals surface area contributed by atoms with Crippen molar-refractivity contribution in [1.29, 1.82) is 0 Å². The summed E-state index contributed by atoms with van der Waals surface area (Å²) in [5.41, 5.74) is 8.14. The van der Waals surface area contributed by atoms with Gasteiger partial charge in [0.1, 0.15) is 0 Å². The lowest BCUT2D eigenvalue weighted by Gasteiger charge is -2.10. The van der Waals surface area contributed by atoms with Gasteiger partial charge in [0.2, 0.25) is 0 Å². The quantitative estimate of drug-likeness (QED) is 0.296. The first-order valence-electron chi connectivity index (χ1n) is 7.88. The lowest BCUT2D eigenvalue weighted by atomic mass is 10.1. The molecule has 0 saturated carbocycles. The predicted octanol–water partition coefficient (Wildman–Crippen LogP) is 2.29. The topological polar surface area (TPSA) is 75.3 Å². The van der Waals surface area contributed by atoms with Gasteiger partial charge in [-0.15, -0.1) is 0 Å². The third-order valence-corrected chi connectivity index (χ3v) is 3.53. The average Bonchev–Trinajstić information content (AvgIpc) is 2.50. The smallest absolute Gasteiger partial charge is 0.194 e. The zero-order valence-corrected chi connectivity index (χ0v) is 14.4. The number of nitrogens with two attached hydrogens (primary N) is 1. The van der Waals surface area contributed by atoms with E-state index in [1.54, 1.807) is 0 Å². The van der Waals surface area contributed by atoms with Gasteiger partial charge in [0, 0.05) is 25.0 Å². The van der Waals surface area contributed by atoms with Crippen LogP contribution in [0.3, 0.4) is 0 Å². The Balaban J connectivity index is 2.16. The molecule has 1 heterocycles. The van der Waals surface area contributed by atoms with Gasteiger partial charge in [-0.25, -0.2) is 0 Å². The fourth-order valence-electron chi connectivity index (χ4n) is 2.00. The van der Waals surface area contributed by atoms with Gasteiger partial charge in [-0.05, 0) is 50.0 Å². The lowest BCUT2D eigenvalue weighted by molar-refractivity contribution is 0.725. The van der Waals surface area contributed by atoms with E-state index in [1.165, 1.54) is 18.4 Å². The van der Waals surface area contributed by atoms with Crippen LogP contribution in [0.5, 0.6) is 0 Å². The number of nitrogens with one attached hydrogen (secondary N) is 2. The number of nitrogens with zero attached hydrogens (tertiary/aromatic N) is 2. The number of hydrogen-bond donors (Lipinski definition) is 3. The molecule has 6 heteroatoms. The zero-order chi connectivity index (χ0) is 16.2. The van der Waals surface area contributed by atoms with Gasteiger partial charge in [-0.2, -0.15) is 0 Å². The number of pyridine rings is 1. The summed E-state index contributed by atoms with van der Waals surface area (Å²) >= 11 is 5.19. The molecule has 122 valence electrons. The maximum absolute atomic E-state index is 5.77. The minimum atomic E-state index is 0.383. The molecule has 0 spiro atoms. The van der Waals surface area contributed by atoms with Crippen molar-refractivity contribution in [1.82, 2.24) is 15.6 Å². The van der Waals surface area contributed by atoms with Crippen molar-refractivity contribution in [2.75, 3.05) is 13.1 Å². The molecule has 0 aliphatic heterocycles. The molecular formula is C16H27N5S. The van der Waals surface area contributed by atoms with Crippen LogP contribution in [-0.2, 0) is 6.42 Å². The summed E-state index contributed by atoms with van der Waals surface area (Å²) < 4.78 is 0. The normalized spacial score (nSPS) is 11.3. The summed E-state index contributed by atoms with van der Waals surface area (Å²) in [6, 6.07) is 4.04. The molecule has 0 fully saturated rings. The van der Waals surface area contributed by atoms with E-state index in [0.29, 0.717) is 11.1 Å². The van der Waals surface area contributed by atoms with Gasteiger partial charge in [0.25, 0.3) is 0 Å². The largest absolute Gasteiger partial charge is 0.370 e. The molecule has 0 radical (unpaired) electrons. The highest BCUT2D eigenvalue weighted by atomic mass is 32.1. The Morgan fingerprint density at radius 2 is 2.18 bits per heavy atom. The van der Waals surface area contributed by atoms with Crippen LogP contribution in [0.4, 0.5) is 0 Å². The van der Waals surface area contributed by atoms with Crippen LogP contribution < -0.4 is 16.4 Å². The number of thiocarbonyl (C=S) groups is 1. The van der Waals surface area contributed by atoms with Crippen molar-refractivity contribution in [2.24, 2.45) is 10.7 Å². The van der Waals surface area contributed by atoms with Crippen LogP contribution in [0.2, 0.25) is 0 Å². The Bertz CT molecular complexity index is 487. The van der Waals surface area contributed by atoms with Crippen LogP contribution in [0.1, 0.15) is 43.9 Å². The second-order valence-electron chi connectivity index (χ2n) is 5.23. The molecule has 22 heavy (non-hydrogen) atoms. The van der Waals surface area contributed by atoms with Gasteiger partial charge >= 0.3 is 0 Å². The molecular weight excluding hydrogens is 294 g/mol. The van der Waals surface area contributed by atoms with Gasteiger partial charge in [0.15, 0.2) is 11.1 Å². The summed E-state index contributed by atoms with van der Waals surface area (Å²) in [6.45, 7) is 5.77. The fraction of sp³-hybridized carbons (Fsp3) is 0.562. The summed E-state index contributed by atoms with van der Waals surface area (Å²) in [5, 5.41) is 6.56. The maximum atomic E-state index is 5.77. The molecule has 5 nitrogen and oxygen atoms in total. The number of aliphatic imine (C=N–C) groups is 1. The Hall–Kier alpha value is -1.69. The molecule has 1 rings (SSSR count). The first-order chi connectivity index (χ1) is 10.6. The second kappa shape index (κ2) is 11.0. The third kappa shape index (κ3) is 7.93. The fourth-order valence-corrected chi connectivity index (χ4v) is 2.21. The number of hydrogen-bond acceptors (Lipinski definition) is 3. The SMILES string of the molecule is CCCCCN=C(N)NC(=S)NCCCc1ncccc1C. The number of aromatic nitrogens is 1. The highest BCUT2D eigenvalue weighted by Crippen LogP contribution is 2.05. The average molecular weight is 321 g/mol. The van der Waals surface area contributed by atoms with Crippen LogP contribution in [0.15, 0.2) is 23.3 Å². The summed E-state index contributed by atoms with van der Waals surface area (Å²) in [7, 11) is 0. The molecule has 0 unspecified atom stereocenters. The van der Waals surface area contributed by atoms with Gasteiger partial charge in [-0.3, -0.25) is 9.98 Å². The first kappa shape index (κ1) is 18.4. The van der Waals surface area contributed by atoms with E-state index in [0.717, 1.165) is 38.0 Å². The van der Waals surface area contributed by atoms with E-state index in [4.69, 9.17) is 18.0 Å². The highest BCUT2D eigenvalue weighted by Gasteiger charge is 2.00. The van der Waals surface area contributed by atoms with Crippen LogP contribution in [-0.4, -0.2) is 29.1 Å². The second-order valence-corrected chi connectivity index (χ2v) is 5.63. The molecule has 0 saturated heterocycles. The lowest BCUT2D eigenvalue weighted by Crippen LogP contribution is -2.43. The molecule has 0 bridgehead atoms. The molecule has 0 atom stereocenters. The molecule has 0 aliphatic carbocycles.